The van der Waals surface area contributed by atoms with Crippen LogP contribution in [0.4, 0.5) is 0 Å². The van der Waals surface area contributed by atoms with Gasteiger partial charge in [0.1, 0.15) is 0 Å². The smallest absolute Gasteiger partial charge is 0.454 e. The monoisotopic (exact) mass is 318 g/mol. The minimum absolute atomic E-state index is 0.0564. The topological polar surface area (TPSA) is 57.2 Å². The highest BCUT2D eigenvalue weighted by atomic mass is 16.7. The Labute approximate surface area is 137 Å². The van der Waals surface area contributed by atoms with E-state index < -0.39 is 0 Å². The highest BCUT2D eigenvalue weighted by Crippen LogP contribution is 2.38. The van der Waals surface area contributed by atoms with Crippen LogP contribution in [0.2, 0.25) is 6.32 Å². The molecule has 124 valence electrons. The van der Waals surface area contributed by atoms with Gasteiger partial charge in [-0.2, -0.15) is 0 Å². The number of aliphatic hydroxyl groups is 1. The normalized spacial score (nSPS) is 21.8. The zero-order chi connectivity index (χ0) is 16.7. The van der Waals surface area contributed by atoms with Gasteiger partial charge in [-0.1, -0.05) is 12.1 Å². The molecule has 6 heteroatoms. The average molecular weight is 318 g/mol. The number of benzene rings is 1. The molecule has 0 amide bonds. The first-order valence-corrected chi connectivity index (χ1v) is 7.88. The number of hydrogen-bond acceptors (Lipinski definition) is 5. The summed E-state index contributed by atoms with van der Waals surface area (Å²) in [7, 11) is -0.310. The van der Waals surface area contributed by atoms with Gasteiger partial charge in [-0.3, -0.25) is 0 Å². The van der Waals surface area contributed by atoms with E-state index in [2.05, 4.69) is 0 Å². The van der Waals surface area contributed by atoms with Crippen molar-refractivity contribution in [2.24, 2.45) is 0 Å². The molecule has 0 aliphatic carbocycles. The van der Waals surface area contributed by atoms with E-state index in [0.717, 1.165) is 16.9 Å². The van der Waals surface area contributed by atoms with Crippen LogP contribution in [-0.4, -0.2) is 36.8 Å². The number of hydrogen-bond donors (Lipinski definition) is 1. The minimum Gasteiger partial charge on any atom is -0.454 e. The maximum absolute atomic E-state index is 9.69. The minimum atomic E-state index is -0.344. The zero-order valence-electron chi connectivity index (χ0n) is 14.1. The Balaban J connectivity index is 1.73. The fraction of sp³-hybridized carbons (Fsp3) is 0.529. The van der Waals surface area contributed by atoms with Crippen LogP contribution in [0, 0.1) is 0 Å². The van der Waals surface area contributed by atoms with E-state index in [1.54, 1.807) is 0 Å². The van der Waals surface area contributed by atoms with Gasteiger partial charge in [0.2, 0.25) is 6.79 Å². The molecule has 2 heterocycles. The van der Waals surface area contributed by atoms with Crippen LogP contribution in [0.3, 0.4) is 0 Å². The Kier molecular flexibility index (Phi) is 4.17. The second-order valence-electron chi connectivity index (χ2n) is 6.88. The van der Waals surface area contributed by atoms with Gasteiger partial charge in [0.05, 0.1) is 17.8 Å². The first-order valence-electron chi connectivity index (χ1n) is 7.88. The lowest BCUT2D eigenvalue weighted by Crippen LogP contribution is -2.41. The summed E-state index contributed by atoms with van der Waals surface area (Å²) in [6.45, 7) is 8.30. The Hall–Kier alpha value is -1.50. The Morgan fingerprint density at radius 1 is 1.13 bits per heavy atom. The molecule has 2 aliphatic rings. The molecule has 0 unspecified atom stereocenters. The second-order valence-corrected chi connectivity index (χ2v) is 6.88. The van der Waals surface area contributed by atoms with Crippen LogP contribution >= 0.6 is 0 Å². The molecule has 0 atom stereocenters. The van der Waals surface area contributed by atoms with Crippen molar-refractivity contribution in [2.75, 3.05) is 13.4 Å². The molecule has 1 saturated heterocycles. The molecule has 23 heavy (non-hydrogen) atoms. The highest BCUT2D eigenvalue weighted by molar-refractivity contribution is 6.46. The zero-order valence-corrected chi connectivity index (χ0v) is 14.1. The fourth-order valence-electron chi connectivity index (χ4n) is 2.67. The molecule has 0 saturated carbocycles. The van der Waals surface area contributed by atoms with Crippen molar-refractivity contribution >= 4 is 12.7 Å². The summed E-state index contributed by atoms with van der Waals surface area (Å²) in [4.78, 5) is 0. The lowest BCUT2D eigenvalue weighted by molar-refractivity contribution is 0.00578. The molecule has 1 aromatic carbocycles. The van der Waals surface area contributed by atoms with E-state index >= 15 is 0 Å². The largest absolute Gasteiger partial charge is 0.461 e. The van der Waals surface area contributed by atoms with Crippen molar-refractivity contribution < 1.29 is 23.9 Å². The maximum atomic E-state index is 9.69. The van der Waals surface area contributed by atoms with Gasteiger partial charge < -0.3 is 23.9 Å². The van der Waals surface area contributed by atoms with Crippen LogP contribution in [0.5, 0.6) is 11.5 Å². The summed E-state index contributed by atoms with van der Waals surface area (Å²) in [5, 5.41) is 9.69. The number of ether oxygens (including phenoxy) is 2. The second kappa shape index (κ2) is 5.85. The number of fused-ring (bicyclic) bond motifs is 1. The molecular formula is C17H23BO5. The fourth-order valence-corrected chi connectivity index (χ4v) is 2.67. The molecule has 0 aromatic heterocycles. The molecule has 0 bridgehead atoms. The van der Waals surface area contributed by atoms with Gasteiger partial charge in [0.15, 0.2) is 11.5 Å². The summed E-state index contributed by atoms with van der Waals surface area (Å²) < 4.78 is 22.6. The first kappa shape index (κ1) is 16.4. The van der Waals surface area contributed by atoms with E-state index in [9.17, 15) is 5.11 Å². The Morgan fingerprint density at radius 2 is 1.78 bits per heavy atom. The van der Waals surface area contributed by atoms with E-state index in [4.69, 9.17) is 18.8 Å². The lowest BCUT2D eigenvalue weighted by atomic mass is 9.83. The SMILES string of the molecule is CC1(C)OB(C/C=C(/CO)c2ccc3c(c2)OCO3)OC1(C)C. The van der Waals surface area contributed by atoms with Gasteiger partial charge in [-0.15, -0.1) is 0 Å². The number of allylic oxidation sites excluding steroid dienone is 1. The third kappa shape index (κ3) is 3.11. The molecule has 0 radical (unpaired) electrons. The Bertz CT molecular complexity index is 607. The molecule has 0 spiro atoms. The Morgan fingerprint density at radius 3 is 2.43 bits per heavy atom. The van der Waals surface area contributed by atoms with E-state index in [-0.39, 0.29) is 31.7 Å². The number of rotatable bonds is 4. The van der Waals surface area contributed by atoms with Crippen molar-refractivity contribution in [3.8, 4) is 11.5 Å². The van der Waals surface area contributed by atoms with Gasteiger partial charge in [0.25, 0.3) is 0 Å². The van der Waals surface area contributed by atoms with Gasteiger partial charge in [-0.25, -0.2) is 0 Å². The summed E-state index contributed by atoms with van der Waals surface area (Å²) in [5.74, 6) is 1.44. The van der Waals surface area contributed by atoms with Crippen molar-refractivity contribution in [1.29, 1.82) is 0 Å². The molecule has 5 nitrogen and oxygen atoms in total. The van der Waals surface area contributed by atoms with Gasteiger partial charge in [-0.05, 0) is 51.0 Å². The van der Waals surface area contributed by atoms with Gasteiger partial charge >= 0.3 is 7.12 Å². The average Bonchev–Trinajstić information content (AvgIpc) is 3.01. The third-order valence-electron chi connectivity index (χ3n) is 4.77. The van der Waals surface area contributed by atoms with E-state index in [1.165, 1.54) is 0 Å². The van der Waals surface area contributed by atoms with Crippen molar-refractivity contribution in [2.45, 2.75) is 45.2 Å². The highest BCUT2D eigenvalue weighted by Gasteiger charge is 2.50. The predicted octanol–water partition coefficient (Wildman–Crippen LogP) is 2.88. The number of aliphatic hydroxyl groups excluding tert-OH is 1. The van der Waals surface area contributed by atoms with Crippen molar-refractivity contribution in [1.82, 2.24) is 0 Å². The van der Waals surface area contributed by atoms with E-state index in [0.29, 0.717) is 12.1 Å². The standard InChI is InChI=1S/C17H23BO5/c1-16(2)17(3,4)23-18(22-16)8-7-13(10-19)12-5-6-14-15(9-12)21-11-20-14/h5-7,9,19H,8,10-11H2,1-4H3/b13-7-. The lowest BCUT2D eigenvalue weighted by Gasteiger charge is -2.32. The molecule has 2 aliphatic heterocycles. The molecule has 3 rings (SSSR count). The van der Waals surface area contributed by atoms with Crippen LogP contribution in [-0.2, 0) is 9.31 Å². The maximum Gasteiger partial charge on any atom is 0.461 e. The third-order valence-corrected chi connectivity index (χ3v) is 4.77. The summed E-state index contributed by atoms with van der Waals surface area (Å²) >= 11 is 0. The molecule has 1 aromatic rings. The quantitative estimate of drug-likeness (QED) is 0.865. The van der Waals surface area contributed by atoms with Crippen molar-refractivity contribution in [3.05, 3.63) is 29.8 Å². The van der Waals surface area contributed by atoms with Crippen LogP contribution in [0.15, 0.2) is 24.3 Å². The first-order chi connectivity index (χ1) is 10.8. The van der Waals surface area contributed by atoms with Gasteiger partial charge in [0, 0.05) is 6.32 Å². The van der Waals surface area contributed by atoms with Crippen LogP contribution in [0.1, 0.15) is 33.3 Å². The molecule has 1 N–H and O–H groups in total. The van der Waals surface area contributed by atoms with E-state index in [1.807, 2.05) is 52.0 Å². The molecular weight excluding hydrogens is 295 g/mol. The summed E-state index contributed by atoms with van der Waals surface area (Å²) in [5.41, 5.74) is 1.04. The molecule has 1 fully saturated rings. The van der Waals surface area contributed by atoms with Crippen LogP contribution < -0.4 is 9.47 Å². The summed E-state index contributed by atoms with van der Waals surface area (Å²) in [6, 6.07) is 5.66. The van der Waals surface area contributed by atoms with Crippen LogP contribution in [0.25, 0.3) is 5.57 Å². The van der Waals surface area contributed by atoms with Crippen molar-refractivity contribution in [3.63, 3.8) is 0 Å². The predicted molar refractivity (Wildman–Crippen MR) is 88.5 cm³/mol. The summed E-state index contributed by atoms with van der Waals surface area (Å²) in [6.07, 6.45) is 2.54.